The van der Waals surface area contributed by atoms with E-state index in [0.717, 1.165) is 37.3 Å². The van der Waals surface area contributed by atoms with Crippen LogP contribution in [-0.4, -0.2) is 0 Å². The van der Waals surface area contributed by atoms with E-state index in [9.17, 15) is 26.3 Å². The van der Waals surface area contributed by atoms with Crippen molar-refractivity contribution in [2.24, 2.45) is 0 Å². The number of hydrogen-bond acceptors (Lipinski definition) is 1. The van der Waals surface area contributed by atoms with Crippen LogP contribution in [0.5, 0.6) is 5.75 Å². The van der Waals surface area contributed by atoms with Gasteiger partial charge in [-0.2, -0.15) is 22.0 Å². The van der Waals surface area contributed by atoms with E-state index in [1.807, 2.05) is 24.3 Å². The maximum absolute atomic E-state index is 15.2. The number of benzene rings is 5. The van der Waals surface area contributed by atoms with Crippen molar-refractivity contribution < 1.29 is 53.0 Å². The molecule has 0 bridgehead atoms. The Balaban J connectivity index is 1.37. The smallest absolute Gasteiger partial charge is 0.429 e. The minimum absolute atomic E-state index is 0.184. The van der Waals surface area contributed by atoms with Crippen molar-refractivity contribution in [2.75, 3.05) is 0 Å². The zero-order valence-electron chi connectivity index (χ0n) is 25.5. The van der Waals surface area contributed by atoms with Gasteiger partial charge in [0.25, 0.3) is 0 Å². The summed E-state index contributed by atoms with van der Waals surface area (Å²) in [6.07, 6.45) is -5.85. The van der Waals surface area contributed by atoms with E-state index in [2.05, 4.69) is 11.7 Å². The standard InChI is InChI=1S/C37H25F11O/c1-2-3-4-5-20-6-8-21(9-7-20)22-10-12-26(28(38)14-22)24-16-32(42)35(33(43)17-24)37(47,48)49-25-18-30(40)34(31(41)19-25)23-11-13-27(29(39)15-23)36(44,45)46/h6-19H,2-5H2,1H3. The molecule has 49 heavy (non-hydrogen) atoms. The molecular weight excluding hydrogens is 669 g/mol. The maximum Gasteiger partial charge on any atom is 0.432 e. The first-order chi connectivity index (χ1) is 23.1. The molecule has 5 rings (SSSR count). The van der Waals surface area contributed by atoms with E-state index in [4.69, 9.17) is 0 Å². The molecule has 5 aromatic rings. The van der Waals surface area contributed by atoms with Crippen LogP contribution in [0.3, 0.4) is 0 Å². The molecule has 0 aromatic heterocycles. The van der Waals surface area contributed by atoms with E-state index >= 15 is 22.0 Å². The fourth-order valence-corrected chi connectivity index (χ4v) is 5.36. The largest absolute Gasteiger partial charge is 0.432 e. The number of unbranched alkanes of at least 4 members (excludes halogenated alkanes) is 2. The molecule has 0 heterocycles. The first-order valence-electron chi connectivity index (χ1n) is 14.9. The molecular formula is C37H25F11O. The van der Waals surface area contributed by atoms with Gasteiger partial charge < -0.3 is 4.74 Å². The van der Waals surface area contributed by atoms with E-state index in [0.29, 0.717) is 29.3 Å². The van der Waals surface area contributed by atoms with Gasteiger partial charge in [-0.25, -0.2) is 26.3 Å². The van der Waals surface area contributed by atoms with Gasteiger partial charge in [0.2, 0.25) is 0 Å². The molecule has 0 unspecified atom stereocenters. The lowest BCUT2D eigenvalue weighted by Gasteiger charge is -2.21. The van der Waals surface area contributed by atoms with Crippen LogP contribution in [0.1, 0.15) is 42.9 Å². The molecule has 0 aliphatic rings. The number of halogens is 11. The Kier molecular flexibility index (Phi) is 10.1. The summed E-state index contributed by atoms with van der Waals surface area (Å²) < 4.78 is 162. The Morgan fingerprint density at radius 2 is 1.08 bits per heavy atom. The van der Waals surface area contributed by atoms with E-state index in [-0.39, 0.29) is 29.8 Å². The zero-order chi connectivity index (χ0) is 35.7. The second-order valence-corrected chi connectivity index (χ2v) is 11.2. The molecule has 0 spiro atoms. The van der Waals surface area contributed by atoms with Gasteiger partial charge in [-0.05, 0) is 71.0 Å². The predicted octanol–water partition coefficient (Wildman–Crippen LogP) is 12.4. The lowest BCUT2D eigenvalue weighted by atomic mass is 9.97. The summed E-state index contributed by atoms with van der Waals surface area (Å²) in [5, 5.41) is 0. The van der Waals surface area contributed by atoms with Crippen molar-refractivity contribution in [3.63, 3.8) is 0 Å². The third kappa shape index (κ3) is 7.73. The predicted molar refractivity (Wildman–Crippen MR) is 162 cm³/mol. The number of ether oxygens (including phenoxy) is 1. The first kappa shape index (κ1) is 35.4. The van der Waals surface area contributed by atoms with Crippen LogP contribution in [0, 0.1) is 34.9 Å². The monoisotopic (exact) mass is 694 g/mol. The average Bonchev–Trinajstić information content (AvgIpc) is 3.00. The molecule has 0 aliphatic heterocycles. The molecule has 12 heteroatoms. The van der Waals surface area contributed by atoms with Gasteiger partial charge in [0, 0.05) is 17.7 Å². The van der Waals surface area contributed by atoms with Gasteiger partial charge in [-0.15, -0.1) is 0 Å². The lowest BCUT2D eigenvalue weighted by Crippen LogP contribution is -2.25. The van der Waals surface area contributed by atoms with Crippen LogP contribution in [0.4, 0.5) is 48.3 Å². The summed E-state index contributed by atoms with van der Waals surface area (Å²) in [6.45, 7) is 2.10. The van der Waals surface area contributed by atoms with Crippen LogP contribution in [0.2, 0.25) is 0 Å². The van der Waals surface area contributed by atoms with Crippen LogP contribution < -0.4 is 4.74 Å². The SMILES string of the molecule is CCCCCc1ccc(-c2ccc(-c3cc(F)c(C(F)(F)Oc4cc(F)c(-c5ccc(C(F)(F)F)c(F)c5)c(F)c4)c(F)c3)c(F)c2)cc1. The molecule has 0 atom stereocenters. The van der Waals surface area contributed by atoms with E-state index in [1.54, 1.807) is 0 Å². The molecule has 1 nitrogen and oxygen atoms in total. The van der Waals surface area contributed by atoms with Crippen molar-refractivity contribution >= 4 is 0 Å². The normalized spacial score (nSPS) is 12.0. The zero-order valence-corrected chi connectivity index (χ0v) is 25.5. The van der Waals surface area contributed by atoms with Crippen molar-refractivity contribution in [2.45, 2.75) is 44.9 Å². The minimum Gasteiger partial charge on any atom is -0.429 e. The second-order valence-electron chi connectivity index (χ2n) is 11.2. The summed E-state index contributed by atoms with van der Waals surface area (Å²) >= 11 is 0. The quantitative estimate of drug-likeness (QED) is 0.104. The number of rotatable bonds is 10. The Labute approximate surface area is 273 Å². The Bertz CT molecular complexity index is 1940. The van der Waals surface area contributed by atoms with Crippen LogP contribution >= 0.6 is 0 Å². The second kappa shape index (κ2) is 13.9. The van der Waals surface area contributed by atoms with Crippen LogP contribution in [0.15, 0.2) is 84.9 Å². The molecule has 0 radical (unpaired) electrons. The van der Waals surface area contributed by atoms with Crippen molar-refractivity contribution in [3.05, 3.63) is 137 Å². The Morgan fingerprint density at radius 3 is 1.63 bits per heavy atom. The minimum atomic E-state index is -5.09. The van der Waals surface area contributed by atoms with Gasteiger partial charge in [-0.1, -0.05) is 62.2 Å². The summed E-state index contributed by atoms with van der Waals surface area (Å²) in [6, 6.07) is 13.6. The topological polar surface area (TPSA) is 9.23 Å². The van der Waals surface area contributed by atoms with Crippen molar-refractivity contribution in [1.29, 1.82) is 0 Å². The van der Waals surface area contributed by atoms with Crippen molar-refractivity contribution in [1.82, 2.24) is 0 Å². The molecule has 256 valence electrons. The highest BCUT2D eigenvalue weighted by Gasteiger charge is 2.42. The highest BCUT2D eigenvalue weighted by atomic mass is 19.4. The molecule has 0 N–H and O–H groups in total. The molecule has 0 saturated carbocycles. The van der Waals surface area contributed by atoms with E-state index < -0.39 is 80.8 Å². The van der Waals surface area contributed by atoms with Crippen LogP contribution in [-0.2, 0) is 18.7 Å². The Morgan fingerprint density at radius 1 is 0.531 bits per heavy atom. The van der Waals surface area contributed by atoms with Gasteiger partial charge in [0.1, 0.15) is 46.2 Å². The summed E-state index contributed by atoms with van der Waals surface area (Å²) in [5.41, 5.74) is -3.87. The summed E-state index contributed by atoms with van der Waals surface area (Å²) in [7, 11) is 0. The highest BCUT2D eigenvalue weighted by Crippen LogP contribution is 2.40. The lowest BCUT2D eigenvalue weighted by molar-refractivity contribution is -0.189. The number of aryl methyl sites for hydroxylation is 1. The molecule has 5 aromatic carbocycles. The van der Waals surface area contributed by atoms with E-state index in [1.165, 1.54) is 12.1 Å². The summed E-state index contributed by atoms with van der Waals surface area (Å²) in [4.78, 5) is 0. The van der Waals surface area contributed by atoms with Crippen molar-refractivity contribution in [3.8, 4) is 39.1 Å². The van der Waals surface area contributed by atoms with Gasteiger partial charge in [-0.3, -0.25) is 0 Å². The highest BCUT2D eigenvalue weighted by molar-refractivity contribution is 5.72. The fraction of sp³-hybridized carbons (Fsp3) is 0.189. The van der Waals surface area contributed by atoms with Gasteiger partial charge in [0.15, 0.2) is 0 Å². The third-order valence-corrected chi connectivity index (χ3v) is 7.79. The fourth-order valence-electron chi connectivity index (χ4n) is 5.36. The number of alkyl halides is 5. The third-order valence-electron chi connectivity index (χ3n) is 7.79. The van der Waals surface area contributed by atoms with Gasteiger partial charge >= 0.3 is 12.3 Å². The number of hydrogen-bond donors (Lipinski definition) is 0. The molecule has 0 fully saturated rings. The average molecular weight is 695 g/mol. The van der Waals surface area contributed by atoms with Gasteiger partial charge in [0.05, 0.1) is 11.1 Å². The molecule has 0 amide bonds. The molecule has 0 aliphatic carbocycles. The summed E-state index contributed by atoms with van der Waals surface area (Å²) in [5.74, 6) is -11.0. The maximum atomic E-state index is 15.2. The first-order valence-corrected chi connectivity index (χ1v) is 14.9. The molecule has 0 saturated heterocycles. The van der Waals surface area contributed by atoms with Crippen LogP contribution in [0.25, 0.3) is 33.4 Å². The Hall–Kier alpha value is -4.87.